The van der Waals surface area contributed by atoms with Gasteiger partial charge in [0.1, 0.15) is 0 Å². The van der Waals surface area contributed by atoms with Crippen LogP contribution < -0.4 is 18.9 Å². The Morgan fingerprint density at radius 3 is 1.88 bits per heavy atom. The molecule has 0 aromatic heterocycles. The molecule has 0 aliphatic rings. The molecular weight excluding hydrogens is 111 g/mol. The zero-order valence-corrected chi connectivity index (χ0v) is 7.02. The van der Waals surface area contributed by atoms with Gasteiger partial charge in [0.25, 0.3) is 5.84 Å². The molecule has 0 atom stereocenters. The average molecular weight is 123 g/mol. The first-order valence-electron chi connectivity index (χ1n) is 2.27. The Morgan fingerprint density at radius 1 is 1.50 bits per heavy atom. The van der Waals surface area contributed by atoms with Gasteiger partial charge in [-0.05, 0) is 0 Å². The standard InChI is InChI=1S/C4H11N2Si.Li.H/c1-7(2,3)4-6-5;;/h4-5H,1-3H3;;/q2*+1;-1. The van der Waals surface area contributed by atoms with Crippen LogP contribution in [0.15, 0.2) is 0 Å². The van der Waals surface area contributed by atoms with Crippen molar-refractivity contribution >= 4 is 13.9 Å². The van der Waals surface area contributed by atoms with Crippen LogP contribution in [0.5, 0.6) is 0 Å². The van der Waals surface area contributed by atoms with Crippen molar-refractivity contribution in [1.82, 2.24) is 0 Å². The van der Waals surface area contributed by atoms with E-state index in [0.717, 1.165) is 0 Å². The minimum Gasteiger partial charge on any atom is -1.00 e. The van der Waals surface area contributed by atoms with E-state index in [0.29, 0.717) is 0 Å². The summed E-state index contributed by atoms with van der Waals surface area (Å²) in [6.07, 6.45) is 0. The van der Waals surface area contributed by atoms with E-state index in [2.05, 4.69) is 24.4 Å². The van der Waals surface area contributed by atoms with E-state index < -0.39 is 8.07 Å². The second-order valence-corrected chi connectivity index (χ2v) is 7.61. The van der Waals surface area contributed by atoms with Crippen molar-refractivity contribution in [2.75, 3.05) is 0 Å². The van der Waals surface area contributed by atoms with Gasteiger partial charge in [-0.2, -0.15) is 0 Å². The van der Waals surface area contributed by atoms with Gasteiger partial charge in [0.2, 0.25) is 0 Å². The molecule has 0 rings (SSSR count). The molecule has 0 amide bonds. The van der Waals surface area contributed by atoms with Crippen molar-refractivity contribution in [3.63, 3.8) is 0 Å². The van der Waals surface area contributed by atoms with Gasteiger partial charge < -0.3 is 1.43 Å². The van der Waals surface area contributed by atoms with E-state index in [4.69, 9.17) is 5.53 Å². The molecule has 0 fully saturated rings. The molecule has 0 spiro atoms. The van der Waals surface area contributed by atoms with Crippen LogP contribution in [-0.2, 0) is 0 Å². The monoisotopic (exact) mass is 123 g/mol. The van der Waals surface area contributed by atoms with Crippen molar-refractivity contribution in [2.24, 2.45) is 0 Å². The van der Waals surface area contributed by atoms with Crippen LogP contribution in [0.3, 0.4) is 0 Å². The zero-order valence-electron chi connectivity index (χ0n) is 7.02. The molecule has 0 saturated carbocycles. The fraction of sp³-hybridized carbons (Fsp3) is 0.750. The molecule has 0 aliphatic carbocycles. The Kier molecular flexibility index (Phi) is 5.68. The predicted molar refractivity (Wildman–Crippen MR) is 33.5 cm³/mol. The van der Waals surface area contributed by atoms with Gasteiger partial charge in [0, 0.05) is 4.79 Å². The van der Waals surface area contributed by atoms with E-state index in [1.165, 1.54) is 0 Å². The fourth-order valence-corrected chi connectivity index (χ4v) is 0.581. The summed E-state index contributed by atoms with van der Waals surface area (Å²) in [4.78, 5) is 3.19. The maximum absolute atomic E-state index is 6.46. The van der Waals surface area contributed by atoms with Gasteiger partial charge in [-0.3, -0.25) is 0 Å². The number of hydrogen-bond acceptors (Lipinski definition) is 1. The molecule has 0 saturated heterocycles. The quantitative estimate of drug-likeness (QED) is 0.187. The summed E-state index contributed by atoms with van der Waals surface area (Å²) < 4.78 is 0. The van der Waals surface area contributed by atoms with Gasteiger partial charge in [-0.15, -0.1) is 0 Å². The molecule has 42 valence electrons. The first kappa shape index (κ1) is 11.1. The van der Waals surface area contributed by atoms with Gasteiger partial charge >= 0.3 is 18.9 Å². The van der Waals surface area contributed by atoms with Crippen molar-refractivity contribution < 1.29 is 25.1 Å². The van der Waals surface area contributed by atoms with Crippen LogP contribution in [0.4, 0.5) is 0 Å². The van der Waals surface area contributed by atoms with Gasteiger partial charge in [-0.1, -0.05) is 19.6 Å². The summed E-state index contributed by atoms with van der Waals surface area (Å²) in [5.41, 5.74) is 6.46. The first-order chi connectivity index (χ1) is 3.06. The Morgan fingerprint density at radius 2 is 1.88 bits per heavy atom. The number of rotatable bonds is 1. The molecule has 0 heterocycles. The molecule has 0 aliphatic heterocycles. The van der Waals surface area contributed by atoms with Crippen LogP contribution in [0.25, 0.3) is 0 Å². The molecule has 1 N–H and O–H groups in total. The predicted octanol–water partition coefficient (Wildman–Crippen LogP) is -1.71. The summed E-state index contributed by atoms with van der Waals surface area (Å²) in [6, 6.07) is 0. The Labute approximate surface area is 64.6 Å². The van der Waals surface area contributed by atoms with Crippen LogP contribution in [0.1, 0.15) is 1.43 Å². The Hall–Kier alpha value is 0.194. The molecule has 4 heteroatoms. The number of nitrogens with one attached hydrogen (secondary N) is 1. The summed E-state index contributed by atoms with van der Waals surface area (Å²) in [5.74, 6) is 1.74. The van der Waals surface area contributed by atoms with E-state index >= 15 is 0 Å². The third-order valence-electron chi connectivity index (χ3n) is 0.452. The van der Waals surface area contributed by atoms with Gasteiger partial charge in [0.05, 0.1) is 5.53 Å². The van der Waals surface area contributed by atoms with Gasteiger partial charge in [0.15, 0.2) is 8.07 Å². The van der Waals surface area contributed by atoms with Crippen molar-refractivity contribution in [1.29, 1.82) is 5.53 Å². The van der Waals surface area contributed by atoms with E-state index in [9.17, 15) is 0 Å². The van der Waals surface area contributed by atoms with Crippen LogP contribution >= 0.6 is 0 Å². The van der Waals surface area contributed by atoms with Crippen molar-refractivity contribution in [3.8, 4) is 0 Å². The van der Waals surface area contributed by atoms with Crippen molar-refractivity contribution in [3.05, 3.63) is 0 Å². The normalized spacial score (nSPS) is 8.88. The SMILES string of the molecule is C[Si](C)(C)C=[N+]=N.[H-].[Li+]. The summed E-state index contributed by atoms with van der Waals surface area (Å²) >= 11 is 0. The smallest absolute Gasteiger partial charge is 1.00 e. The minimum absolute atomic E-state index is 0. The minimum atomic E-state index is -1.14. The van der Waals surface area contributed by atoms with Crippen LogP contribution in [-0.4, -0.2) is 18.7 Å². The van der Waals surface area contributed by atoms with E-state index in [-0.39, 0.29) is 20.3 Å². The second-order valence-electron chi connectivity index (χ2n) is 2.62. The Bertz CT molecular complexity index is 106. The summed E-state index contributed by atoms with van der Waals surface area (Å²) in [7, 11) is -1.14. The number of nitrogens with zero attached hydrogens (tertiary/aromatic N) is 1. The molecule has 0 bridgehead atoms. The van der Waals surface area contributed by atoms with Crippen LogP contribution in [0, 0.1) is 5.53 Å². The summed E-state index contributed by atoms with van der Waals surface area (Å²) in [6.45, 7) is 6.43. The maximum Gasteiger partial charge on any atom is 1.00 e. The first-order valence-corrected chi connectivity index (χ1v) is 5.85. The molecule has 0 aromatic rings. The molecule has 8 heavy (non-hydrogen) atoms. The topological polar surface area (TPSA) is 38.0 Å². The van der Waals surface area contributed by atoms with E-state index in [1.807, 2.05) is 0 Å². The molecule has 2 nitrogen and oxygen atoms in total. The third kappa shape index (κ3) is 9.50. The number of hydrogen-bond donors (Lipinski definition) is 1. The van der Waals surface area contributed by atoms with Gasteiger partial charge in [-0.25, -0.2) is 0 Å². The van der Waals surface area contributed by atoms with Crippen LogP contribution in [0.2, 0.25) is 19.6 Å². The second kappa shape index (κ2) is 4.11. The third-order valence-corrected chi connectivity index (χ3v) is 1.36. The van der Waals surface area contributed by atoms with E-state index in [1.54, 1.807) is 5.84 Å². The molecular formula is C4H12LiN2Si+. The Balaban J connectivity index is -0.000000180. The zero-order chi connectivity index (χ0) is 5.91. The summed E-state index contributed by atoms with van der Waals surface area (Å²) in [5, 5.41) is 0. The molecule has 0 radical (unpaired) electrons. The largest absolute Gasteiger partial charge is 1.00 e. The molecule has 0 unspecified atom stereocenters. The fourth-order valence-electron chi connectivity index (χ4n) is 0.194. The molecule has 0 aromatic carbocycles. The van der Waals surface area contributed by atoms with Crippen molar-refractivity contribution in [2.45, 2.75) is 19.6 Å². The average Bonchev–Trinajstić information content (AvgIpc) is 1.30. The maximum atomic E-state index is 6.46.